The van der Waals surface area contributed by atoms with Crippen LogP contribution >= 0.6 is 0 Å². The molecule has 2 rings (SSSR count). The van der Waals surface area contributed by atoms with Crippen LogP contribution in [0.4, 0.5) is 0 Å². The number of primary amides is 1. The van der Waals surface area contributed by atoms with Crippen molar-refractivity contribution < 1.29 is 19.1 Å². The molecule has 1 aliphatic rings. The Hall–Kier alpha value is -2.37. The summed E-state index contributed by atoms with van der Waals surface area (Å²) in [5.41, 5.74) is 5.70. The van der Waals surface area contributed by atoms with Crippen molar-refractivity contribution in [2.24, 2.45) is 11.7 Å². The van der Waals surface area contributed by atoms with Crippen molar-refractivity contribution in [3.05, 3.63) is 29.8 Å². The Balaban J connectivity index is 2.01. The highest BCUT2D eigenvalue weighted by Gasteiger charge is 2.29. The Labute approximate surface area is 148 Å². The highest BCUT2D eigenvalue weighted by atomic mass is 16.5. The maximum absolute atomic E-state index is 12.8. The van der Waals surface area contributed by atoms with Gasteiger partial charge in [-0.1, -0.05) is 12.1 Å². The second-order valence-corrected chi connectivity index (χ2v) is 6.70. The molecule has 0 radical (unpaired) electrons. The van der Waals surface area contributed by atoms with Crippen LogP contribution < -0.4 is 10.5 Å². The van der Waals surface area contributed by atoms with Gasteiger partial charge in [-0.15, -0.1) is 0 Å². The fourth-order valence-electron chi connectivity index (χ4n) is 3.04. The van der Waals surface area contributed by atoms with Crippen molar-refractivity contribution in [3.8, 4) is 5.75 Å². The summed E-state index contributed by atoms with van der Waals surface area (Å²) in [6, 6.07) is 7.18. The van der Waals surface area contributed by atoms with E-state index in [4.69, 9.17) is 10.5 Å². The van der Waals surface area contributed by atoms with Crippen molar-refractivity contribution in [3.63, 3.8) is 0 Å². The molecule has 1 saturated heterocycles. The van der Waals surface area contributed by atoms with Gasteiger partial charge in [0.15, 0.2) is 5.78 Å². The summed E-state index contributed by atoms with van der Waals surface area (Å²) in [7, 11) is 0. The van der Waals surface area contributed by atoms with E-state index in [0.717, 1.165) is 12.8 Å². The second-order valence-electron chi connectivity index (χ2n) is 6.70. The molecular weight excluding hydrogens is 320 g/mol. The van der Waals surface area contributed by atoms with Crippen molar-refractivity contribution in [2.75, 3.05) is 13.1 Å². The van der Waals surface area contributed by atoms with Crippen molar-refractivity contribution in [1.29, 1.82) is 0 Å². The average molecular weight is 346 g/mol. The third-order valence-electron chi connectivity index (χ3n) is 4.22. The van der Waals surface area contributed by atoms with Gasteiger partial charge in [-0.25, -0.2) is 0 Å². The molecule has 0 aliphatic carbocycles. The fraction of sp³-hybridized carbons (Fsp3) is 0.526. The van der Waals surface area contributed by atoms with Crippen LogP contribution in [-0.4, -0.2) is 41.7 Å². The van der Waals surface area contributed by atoms with E-state index in [1.54, 1.807) is 17.0 Å². The molecule has 0 aromatic heterocycles. The molecule has 1 heterocycles. The lowest BCUT2D eigenvalue weighted by molar-refractivity contribution is -0.134. The number of carbonyl (C=O) groups is 3. The molecule has 1 fully saturated rings. The van der Waals surface area contributed by atoms with E-state index < -0.39 is 5.91 Å². The third kappa shape index (κ3) is 5.59. The summed E-state index contributed by atoms with van der Waals surface area (Å²) in [5.74, 6) is -0.124. The Morgan fingerprint density at radius 3 is 2.72 bits per heavy atom. The van der Waals surface area contributed by atoms with Crippen LogP contribution in [0.5, 0.6) is 5.75 Å². The molecule has 6 heteroatoms. The minimum absolute atomic E-state index is 0.0293. The number of nitrogens with two attached hydrogens (primary N) is 1. The van der Waals surface area contributed by atoms with E-state index >= 15 is 0 Å². The first-order valence-corrected chi connectivity index (χ1v) is 8.74. The second kappa shape index (κ2) is 8.65. The maximum atomic E-state index is 12.8. The van der Waals surface area contributed by atoms with Crippen LogP contribution in [0.2, 0.25) is 0 Å². The first-order valence-electron chi connectivity index (χ1n) is 8.74. The Kier molecular flexibility index (Phi) is 6.56. The summed E-state index contributed by atoms with van der Waals surface area (Å²) in [5, 5.41) is 0. The molecule has 0 spiro atoms. The number of piperidine rings is 1. The summed E-state index contributed by atoms with van der Waals surface area (Å²) in [6.07, 6.45) is 1.73. The molecule has 136 valence electrons. The smallest absolute Gasteiger partial charge is 0.223 e. The molecule has 2 amide bonds. The zero-order valence-electron chi connectivity index (χ0n) is 14.9. The number of ether oxygens (including phenoxy) is 1. The number of likely N-dealkylation sites (tertiary alicyclic amines) is 1. The zero-order chi connectivity index (χ0) is 18.4. The fourth-order valence-corrected chi connectivity index (χ4v) is 3.04. The van der Waals surface area contributed by atoms with Gasteiger partial charge < -0.3 is 15.4 Å². The third-order valence-corrected chi connectivity index (χ3v) is 4.22. The molecule has 1 aliphatic heterocycles. The first-order chi connectivity index (χ1) is 11.9. The van der Waals surface area contributed by atoms with E-state index in [1.165, 1.54) is 0 Å². The predicted molar refractivity (Wildman–Crippen MR) is 94.3 cm³/mol. The van der Waals surface area contributed by atoms with Gasteiger partial charge in [0.05, 0.1) is 6.10 Å². The lowest BCUT2D eigenvalue weighted by atomic mass is 9.89. The summed E-state index contributed by atoms with van der Waals surface area (Å²) < 4.78 is 5.65. The molecule has 1 aromatic carbocycles. The average Bonchev–Trinajstić information content (AvgIpc) is 2.58. The highest BCUT2D eigenvalue weighted by molar-refractivity contribution is 5.98. The standard InChI is InChI=1S/C19H26N2O4/c1-13(2)25-16-7-3-5-14(11-16)19(24)15-6-4-10-21(12-15)18(23)9-8-17(20)22/h3,5,7,11,13,15H,4,6,8-10,12H2,1-2H3,(H2,20,22). The number of rotatable bonds is 7. The quantitative estimate of drug-likeness (QED) is 0.766. The predicted octanol–water partition coefficient (Wildman–Crippen LogP) is 2.16. The van der Waals surface area contributed by atoms with Gasteiger partial charge in [0.25, 0.3) is 0 Å². The summed E-state index contributed by atoms with van der Waals surface area (Å²) in [4.78, 5) is 37.5. The number of amides is 2. The largest absolute Gasteiger partial charge is 0.491 e. The van der Waals surface area contributed by atoms with Crippen LogP contribution in [0, 0.1) is 5.92 Å². The lowest BCUT2D eigenvalue weighted by Crippen LogP contribution is -2.42. The number of carbonyl (C=O) groups excluding carboxylic acids is 3. The van der Waals surface area contributed by atoms with Gasteiger partial charge >= 0.3 is 0 Å². The van der Waals surface area contributed by atoms with Gasteiger partial charge in [-0.05, 0) is 38.8 Å². The van der Waals surface area contributed by atoms with Gasteiger partial charge in [0.1, 0.15) is 5.75 Å². The van der Waals surface area contributed by atoms with Gasteiger partial charge in [-0.3, -0.25) is 14.4 Å². The minimum Gasteiger partial charge on any atom is -0.491 e. The zero-order valence-corrected chi connectivity index (χ0v) is 14.9. The van der Waals surface area contributed by atoms with Crippen LogP contribution in [-0.2, 0) is 9.59 Å². The van der Waals surface area contributed by atoms with E-state index in [0.29, 0.717) is 24.4 Å². The number of benzene rings is 1. The summed E-state index contributed by atoms with van der Waals surface area (Å²) >= 11 is 0. The van der Waals surface area contributed by atoms with Gasteiger partial charge in [0, 0.05) is 37.4 Å². The van der Waals surface area contributed by atoms with E-state index in [9.17, 15) is 14.4 Å². The van der Waals surface area contributed by atoms with Gasteiger partial charge in [0.2, 0.25) is 11.8 Å². The van der Waals surface area contributed by atoms with Crippen molar-refractivity contribution in [2.45, 2.75) is 45.6 Å². The summed E-state index contributed by atoms with van der Waals surface area (Å²) in [6.45, 7) is 4.89. The number of ketones is 1. The van der Waals surface area contributed by atoms with Crippen LogP contribution in [0.15, 0.2) is 24.3 Å². The Bertz CT molecular complexity index is 642. The van der Waals surface area contributed by atoms with Crippen LogP contribution in [0.1, 0.15) is 49.9 Å². The molecule has 6 nitrogen and oxygen atoms in total. The minimum atomic E-state index is -0.486. The molecular formula is C19H26N2O4. The molecule has 1 atom stereocenters. The van der Waals surface area contributed by atoms with Crippen molar-refractivity contribution in [1.82, 2.24) is 4.90 Å². The molecule has 0 saturated carbocycles. The number of Topliss-reactive ketones (excluding diaryl/α,β-unsaturated/α-hetero) is 1. The molecule has 0 bridgehead atoms. The molecule has 25 heavy (non-hydrogen) atoms. The Morgan fingerprint density at radius 1 is 1.28 bits per heavy atom. The highest BCUT2D eigenvalue weighted by Crippen LogP contribution is 2.24. The molecule has 1 unspecified atom stereocenters. The van der Waals surface area contributed by atoms with Crippen LogP contribution in [0.3, 0.4) is 0 Å². The SMILES string of the molecule is CC(C)Oc1cccc(C(=O)C2CCCN(C(=O)CCC(N)=O)C2)c1. The van der Waals surface area contributed by atoms with E-state index in [1.807, 2.05) is 26.0 Å². The van der Waals surface area contributed by atoms with Gasteiger partial charge in [-0.2, -0.15) is 0 Å². The molecule has 1 aromatic rings. The topological polar surface area (TPSA) is 89.7 Å². The normalized spacial score (nSPS) is 17.4. The number of nitrogens with zero attached hydrogens (tertiary/aromatic N) is 1. The first kappa shape index (κ1) is 19.0. The van der Waals surface area contributed by atoms with Crippen molar-refractivity contribution >= 4 is 17.6 Å². The van der Waals surface area contributed by atoms with Crippen LogP contribution in [0.25, 0.3) is 0 Å². The maximum Gasteiger partial charge on any atom is 0.223 e. The molecule has 2 N–H and O–H groups in total. The van der Waals surface area contributed by atoms with E-state index in [-0.39, 0.29) is 36.6 Å². The number of hydrogen-bond donors (Lipinski definition) is 1. The lowest BCUT2D eigenvalue weighted by Gasteiger charge is -2.32. The monoisotopic (exact) mass is 346 g/mol. The van der Waals surface area contributed by atoms with E-state index in [2.05, 4.69) is 0 Å². The number of hydrogen-bond acceptors (Lipinski definition) is 4. The Morgan fingerprint density at radius 2 is 2.04 bits per heavy atom.